The minimum absolute atomic E-state index is 0.0629. The van der Waals surface area contributed by atoms with Crippen LogP contribution >= 0.6 is 6.72 Å². The summed E-state index contributed by atoms with van der Waals surface area (Å²) in [7, 11) is 4.26. The Morgan fingerprint density at radius 3 is 2.09 bits per heavy atom. The molecule has 19 heteroatoms. The highest BCUT2D eigenvalue weighted by Crippen LogP contribution is 2.48. The number of nitrogens with one attached hydrogen (secondary N) is 2. The highest BCUT2D eigenvalue weighted by molar-refractivity contribution is 8.07. The molecular formula is C28H47N2O15PS. The van der Waals surface area contributed by atoms with E-state index in [-0.39, 0.29) is 38.1 Å². The third-order valence-electron chi connectivity index (χ3n) is 7.38. The fourth-order valence-corrected chi connectivity index (χ4v) is 6.53. The largest absolute Gasteiger partial charge is 0.463 e. The minimum atomic E-state index is -3.51. The number of hydrogen-bond donors (Lipinski definition) is 3. The van der Waals surface area contributed by atoms with Crippen LogP contribution in [0.4, 0.5) is 0 Å². The fourth-order valence-electron chi connectivity index (χ4n) is 5.55. The van der Waals surface area contributed by atoms with Crippen LogP contribution in [-0.2, 0) is 78.0 Å². The lowest BCUT2D eigenvalue weighted by molar-refractivity contribution is -0.277. The number of carbonyl (C=O) groups excluding carboxylic acids is 5. The van der Waals surface area contributed by atoms with Crippen molar-refractivity contribution >= 4 is 48.2 Å². The van der Waals surface area contributed by atoms with Gasteiger partial charge in [0.1, 0.15) is 31.0 Å². The standard InChI is InChI=1S/C28H47N2O15PS/c1-15(31)29-23-27(43-18(4)34)26(42-17(3)33)21(14-41-16(2)32)44-28(23)40-11-9-8-10-22(35)30-20-12-19(13-37-5)24(25(20)38-6)45-46(36,47)39-7/h19-21,23-28H,8-14H2,1-7H3,(H,29,31)(H,30,35)(H,36,47)/t19-,20-,21-,23-,24?,25-,26+,27-,28-,46?/m1/s1. The molecule has 1 aliphatic carbocycles. The molecule has 2 fully saturated rings. The van der Waals surface area contributed by atoms with Crippen LogP contribution < -0.4 is 10.6 Å². The van der Waals surface area contributed by atoms with Crippen LogP contribution in [0.5, 0.6) is 0 Å². The lowest BCUT2D eigenvalue weighted by Gasteiger charge is -2.44. The van der Waals surface area contributed by atoms with E-state index in [1.807, 2.05) is 0 Å². The summed E-state index contributed by atoms with van der Waals surface area (Å²) >= 11 is 5.01. The number of methoxy groups -OCH3 is 2. The molecule has 1 heterocycles. The Morgan fingerprint density at radius 2 is 1.53 bits per heavy atom. The molecule has 1 saturated carbocycles. The predicted molar refractivity (Wildman–Crippen MR) is 165 cm³/mol. The van der Waals surface area contributed by atoms with Gasteiger partial charge in [-0.25, -0.2) is 0 Å². The first-order valence-electron chi connectivity index (χ1n) is 15.0. The Hall–Kier alpha value is -2.28. The summed E-state index contributed by atoms with van der Waals surface area (Å²) < 4.78 is 49.3. The predicted octanol–water partition coefficient (Wildman–Crippen LogP) is 0.244. The molecule has 0 aromatic carbocycles. The number of amides is 2. The van der Waals surface area contributed by atoms with Gasteiger partial charge in [0.2, 0.25) is 11.8 Å². The van der Waals surface area contributed by atoms with Crippen molar-refractivity contribution in [2.45, 2.75) is 102 Å². The van der Waals surface area contributed by atoms with E-state index in [2.05, 4.69) is 10.6 Å². The van der Waals surface area contributed by atoms with Crippen LogP contribution in [0.2, 0.25) is 0 Å². The van der Waals surface area contributed by atoms with Crippen molar-refractivity contribution in [3.63, 3.8) is 0 Å². The van der Waals surface area contributed by atoms with Gasteiger partial charge in [0.25, 0.3) is 0 Å². The molecule has 270 valence electrons. The highest BCUT2D eigenvalue weighted by atomic mass is 32.5. The molecule has 0 aromatic rings. The van der Waals surface area contributed by atoms with Crippen molar-refractivity contribution in [2.24, 2.45) is 5.92 Å². The summed E-state index contributed by atoms with van der Waals surface area (Å²) in [5.74, 6) is -3.03. The average Bonchev–Trinajstić information content (AvgIpc) is 3.28. The smallest absolute Gasteiger partial charge is 0.324 e. The average molecular weight is 715 g/mol. The molecule has 3 N–H and O–H groups in total. The first-order chi connectivity index (χ1) is 22.1. The number of carbonyl (C=O) groups is 5. The zero-order chi connectivity index (χ0) is 35.3. The van der Waals surface area contributed by atoms with Crippen molar-refractivity contribution in [1.82, 2.24) is 10.6 Å². The van der Waals surface area contributed by atoms with E-state index < -0.39 is 79.4 Å². The Morgan fingerprint density at radius 1 is 0.872 bits per heavy atom. The molecule has 0 radical (unpaired) electrons. The number of rotatable bonds is 18. The Kier molecular flexibility index (Phi) is 17.1. The van der Waals surface area contributed by atoms with Gasteiger partial charge in [-0.2, -0.15) is 0 Å². The van der Waals surface area contributed by atoms with E-state index in [0.29, 0.717) is 19.3 Å². The van der Waals surface area contributed by atoms with Gasteiger partial charge in [0.05, 0.1) is 12.6 Å². The maximum atomic E-state index is 12.9. The maximum absolute atomic E-state index is 12.9. The van der Waals surface area contributed by atoms with Crippen LogP contribution in [-0.4, -0.2) is 125 Å². The second kappa shape index (κ2) is 19.7. The molecule has 2 amide bonds. The van der Waals surface area contributed by atoms with Gasteiger partial charge in [0, 0.05) is 68.0 Å². The van der Waals surface area contributed by atoms with Gasteiger partial charge < -0.3 is 57.7 Å². The molecule has 2 unspecified atom stereocenters. The normalized spacial score (nSPS) is 30.1. The van der Waals surface area contributed by atoms with Crippen molar-refractivity contribution in [2.75, 3.05) is 41.2 Å². The summed E-state index contributed by atoms with van der Waals surface area (Å²) in [4.78, 5) is 70.6. The summed E-state index contributed by atoms with van der Waals surface area (Å²) in [5, 5.41) is 5.59. The van der Waals surface area contributed by atoms with Crippen molar-refractivity contribution < 1.29 is 71.1 Å². The Labute approximate surface area is 279 Å². The van der Waals surface area contributed by atoms with Gasteiger partial charge in [0.15, 0.2) is 18.5 Å². The summed E-state index contributed by atoms with van der Waals surface area (Å²) in [6.45, 7) is 1.22. The summed E-state index contributed by atoms with van der Waals surface area (Å²) in [6, 6.07) is -1.53. The van der Waals surface area contributed by atoms with Gasteiger partial charge in [-0.15, -0.1) is 0 Å². The van der Waals surface area contributed by atoms with Crippen molar-refractivity contribution in [3.8, 4) is 0 Å². The molecule has 2 aliphatic rings. The first-order valence-corrected chi connectivity index (χ1v) is 17.6. The van der Waals surface area contributed by atoms with E-state index in [1.165, 1.54) is 35.2 Å². The first kappa shape index (κ1) is 40.9. The maximum Gasteiger partial charge on any atom is 0.324 e. The van der Waals surface area contributed by atoms with Crippen LogP contribution in [0.1, 0.15) is 53.4 Å². The van der Waals surface area contributed by atoms with Gasteiger partial charge >= 0.3 is 24.6 Å². The number of ether oxygens (including phenoxy) is 7. The number of hydrogen-bond acceptors (Lipinski definition) is 15. The Balaban J connectivity index is 2.04. The van der Waals surface area contributed by atoms with E-state index in [0.717, 1.165) is 13.8 Å². The molecular weight excluding hydrogens is 667 g/mol. The molecule has 0 bridgehead atoms. The third kappa shape index (κ3) is 13.3. The lowest BCUT2D eigenvalue weighted by Crippen LogP contribution is -2.66. The molecule has 1 aliphatic heterocycles. The topological polar surface area (TPSA) is 213 Å². The second-order valence-electron chi connectivity index (χ2n) is 11.1. The molecule has 47 heavy (non-hydrogen) atoms. The zero-order valence-corrected chi connectivity index (χ0v) is 29.4. The SMILES string of the molecule is COC[C@H]1C[C@@H](NC(=O)CCCCO[C@@H]2O[C@H](COC(C)=O)[C@H](OC(C)=O)[C@H](OC(C)=O)[C@H]2NC(C)=O)[C@@H](OC)C1OP(O)(=S)OC. The second-order valence-corrected chi connectivity index (χ2v) is 14.0. The van der Waals surface area contributed by atoms with Gasteiger partial charge in [-0.3, -0.25) is 24.0 Å². The van der Waals surface area contributed by atoms with E-state index in [1.54, 1.807) is 0 Å². The highest BCUT2D eigenvalue weighted by Gasteiger charge is 2.51. The Bertz CT molecular complexity index is 1130. The van der Waals surface area contributed by atoms with Crippen LogP contribution in [0.3, 0.4) is 0 Å². The van der Waals surface area contributed by atoms with E-state index in [9.17, 15) is 28.9 Å². The minimum Gasteiger partial charge on any atom is -0.463 e. The molecule has 17 nitrogen and oxygen atoms in total. The lowest BCUT2D eigenvalue weighted by atomic mass is 9.96. The zero-order valence-electron chi connectivity index (χ0n) is 27.7. The molecule has 10 atom stereocenters. The van der Waals surface area contributed by atoms with Crippen molar-refractivity contribution in [1.29, 1.82) is 0 Å². The monoisotopic (exact) mass is 714 g/mol. The van der Waals surface area contributed by atoms with Crippen LogP contribution in [0, 0.1) is 5.92 Å². The molecule has 0 aromatic heterocycles. The quantitative estimate of drug-likeness (QED) is 0.0751. The molecule has 0 spiro atoms. The van der Waals surface area contributed by atoms with E-state index >= 15 is 0 Å². The van der Waals surface area contributed by atoms with Crippen LogP contribution in [0.25, 0.3) is 0 Å². The van der Waals surface area contributed by atoms with Gasteiger partial charge in [-0.05, 0) is 31.1 Å². The fraction of sp³-hybridized carbons (Fsp3) is 0.821. The third-order valence-corrected chi connectivity index (χ3v) is 9.05. The number of unbranched alkanes of at least 4 members (excludes halogenated alkanes) is 1. The number of esters is 3. The summed E-state index contributed by atoms with van der Waals surface area (Å²) in [5.41, 5.74) is 0. The summed E-state index contributed by atoms with van der Waals surface area (Å²) in [6.07, 6.45) is -4.65. The molecule has 2 rings (SSSR count). The van der Waals surface area contributed by atoms with Gasteiger partial charge in [-0.1, -0.05) is 0 Å². The van der Waals surface area contributed by atoms with E-state index in [4.69, 9.17) is 54.0 Å². The van der Waals surface area contributed by atoms with Crippen LogP contribution in [0.15, 0.2) is 0 Å². The van der Waals surface area contributed by atoms with Crippen molar-refractivity contribution in [3.05, 3.63) is 0 Å². The molecule has 1 saturated heterocycles.